The van der Waals surface area contributed by atoms with Crippen LogP contribution >= 0.6 is 0 Å². The van der Waals surface area contributed by atoms with Gasteiger partial charge in [0.25, 0.3) is 0 Å². The van der Waals surface area contributed by atoms with Crippen LogP contribution in [-0.4, -0.2) is 41.1 Å². The van der Waals surface area contributed by atoms with E-state index < -0.39 is 0 Å². The predicted octanol–water partition coefficient (Wildman–Crippen LogP) is 2.86. The first-order chi connectivity index (χ1) is 9.66. The van der Waals surface area contributed by atoms with E-state index in [-0.39, 0.29) is 6.61 Å². The number of aliphatic hydroxyl groups excluding tert-OH is 1. The first-order valence-corrected chi connectivity index (χ1v) is 7.83. The Kier molecular flexibility index (Phi) is 7.82. The van der Waals surface area contributed by atoms with Crippen LogP contribution in [0.25, 0.3) is 0 Å². The highest BCUT2D eigenvalue weighted by atomic mass is 16.3. The second-order valence-corrected chi connectivity index (χ2v) is 5.24. The molecule has 1 aromatic rings. The quantitative estimate of drug-likeness (QED) is 0.752. The summed E-state index contributed by atoms with van der Waals surface area (Å²) in [6.45, 7) is 15.1. The smallest absolute Gasteiger partial charge is 0.0682 e. The third kappa shape index (κ3) is 5.23. The number of rotatable bonds is 9. The summed E-state index contributed by atoms with van der Waals surface area (Å²) >= 11 is 0. The largest absolute Gasteiger partial charge is 0.392 e. The van der Waals surface area contributed by atoms with Crippen LogP contribution in [0.15, 0.2) is 18.2 Å². The van der Waals surface area contributed by atoms with Gasteiger partial charge < -0.3 is 5.11 Å². The summed E-state index contributed by atoms with van der Waals surface area (Å²) in [4.78, 5) is 4.80. The highest BCUT2D eigenvalue weighted by molar-refractivity contribution is 5.30. The van der Waals surface area contributed by atoms with Gasteiger partial charge in [-0.1, -0.05) is 45.9 Å². The van der Waals surface area contributed by atoms with Crippen LogP contribution in [0.1, 0.15) is 44.4 Å². The zero-order valence-corrected chi connectivity index (χ0v) is 13.5. The summed E-state index contributed by atoms with van der Waals surface area (Å²) in [7, 11) is 0. The maximum Gasteiger partial charge on any atom is 0.0682 e. The minimum absolute atomic E-state index is 0.122. The Balaban J connectivity index is 2.89. The molecule has 0 bridgehead atoms. The maximum atomic E-state index is 9.46. The van der Waals surface area contributed by atoms with Gasteiger partial charge in [-0.3, -0.25) is 9.80 Å². The zero-order valence-electron chi connectivity index (χ0n) is 13.5. The Morgan fingerprint density at radius 3 is 1.35 bits per heavy atom. The maximum absolute atomic E-state index is 9.46. The van der Waals surface area contributed by atoms with Gasteiger partial charge in [0.15, 0.2) is 0 Å². The lowest BCUT2D eigenvalue weighted by atomic mass is 10.0. The number of aliphatic hydroxyl groups is 1. The molecule has 1 rings (SSSR count). The van der Waals surface area contributed by atoms with Crippen molar-refractivity contribution in [2.75, 3.05) is 26.2 Å². The predicted molar refractivity (Wildman–Crippen MR) is 85.6 cm³/mol. The molecule has 0 radical (unpaired) electrons. The van der Waals surface area contributed by atoms with E-state index in [0.717, 1.165) is 44.8 Å². The van der Waals surface area contributed by atoms with Gasteiger partial charge in [-0.15, -0.1) is 0 Å². The molecule has 3 nitrogen and oxygen atoms in total. The Hall–Kier alpha value is -0.900. The minimum atomic E-state index is 0.122. The lowest BCUT2D eigenvalue weighted by Gasteiger charge is -2.21. The van der Waals surface area contributed by atoms with E-state index in [1.165, 1.54) is 11.1 Å². The van der Waals surface area contributed by atoms with Gasteiger partial charge in [-0.2, -0.15) is 0 Å². The van der Waals surface area contributed by atoms with Crippen LogP contribution < -0.4 is 0 Å². The normalized spacial score (nSPS) is 11.6. The van der Waals surface area contributed by atoms with Crippen LogP contribution in [0, 0.1) is 0 Å². The SMILES string of the molecule is CCN(CC)Cc1cc(CO)cc(CN(CC)CC)c1. The van der Waals surface area contributed by atoms with Gasteiger partial charge in [0, 0.05) is 13.1 Å². The van der Waals surface area contributed by atoms with Crippen molar-refractivity contribution in [2.45, 2.75) is 47.4 Å². The molecule has 114 valence electrons. The van der Waals surface area contributed by atoms with Crippen LogP contribution in [0.4, 0.5) is 0 Å². The summed E-state index contributed by atoms with van der Waals surface area (Å²) in [5, 5.41) is 9.46. The van der Waals surface area contributed by atoms with Gasteiger partial charge in [0.05, 0.1) is 6.61 Å². The van der Waals surface area contributed by atoms with Crippen molar-refractivity contribution in [3.05, 3.63) is 34.9 Å². The highest BCUT2D eigenvalue weighted by Gasteiger charge is 2.07. The van der Waals surface area contributed by atoms with Crippen LogP contribution in [-0.2, 0) is 19.7 Å². The standard InChI is InChI=1S/C17H30N2O/c1-5-18(6-2)12-15-9-16(11-17(10-15)14-20)13-19(7-3)8-4/h9-11,20H,5-8,12-14H2,1-4H3. The molecule has 1 N–H and O–H groups in total. The van der Waals surface area contributed by atoms with Crippen molar-refractivity contribution in [1.82, 2.24) is 9.80 Å². The molecule has 20 heavy (non-hydrogen) atoms. The molecular weight excluding hydrogens is 248 g/mol. The number of nitrogens with zero attached hydrogens (tertiary/aromatic N) is 2. The van der Waals surface area contributed by atoms with Gasteiger partial charge in [-0.25, -0.2) is 0 Å². The lowest BCUT2D eigenvalue weighted by Crippen LogP contribution is -2.24. The lowest BCUT2D eigenvalue weighted by molar-refractivity contribution is 0.277. The van der Waals surface area contributed by atoms with Crippen molar-refractivity contribution >= 4 is 0 Å². The molecule has 0 saturated carbocycles. The second kappa shape index (κ2) is 9.11. The van der Waals surface area contributed by atoms with Gasteiger partial charge in [0.1, 0.15) is 0 Å². The highest BCUT2D eigenvalue weighted by Crippen LogP contribution is 2.15. The Morgan fingerprint density at radius 2 is 1.05 bits per heavy atom. The molecule has 0 unspecified atom stereocenters. The fraction of sp³-hybridized carbons (Fsp3) is 0.647. The van der Waals surface area contributed by atoms with Crippen molar-refractivity contribution < 1.29 is 5.11 Å². The van der Waals surface area contributed by atoms with E-state index in [1.54, 1.807) is 0 Å². The Morgan fingerprint density at radius 1 is 0.700 bits per heavy atom. The van der Waals surface area contributed by atoms with Gasteiger partial charge in [-0.05, 0) is 42.9 Å². The molecule has 0 fully saturated rings. The van der Waals surface area contributed by atoms with Crippen molar-refractivity contribution in [3.63, 3.8) is 0 Å². The Bertz CT molecular complexity index is 352. The zero-order chi connectivity index (χ0) is 15.0. The van der Waals surface area contributed by atoms with Crippen molar-refractivity contribution in [1.29, 1.82) is 0 Å². The molecule has 0 aliphatic carbocycles. The summed E-state index contributed by atoms with van der Waals surface area (Å²) in [6.07, 6.45) is 0. The minimum Gasteiger partial charge on any atom is -0.392 e. The molecule has 0 atom stereocenters. The van der Waals surface area contributed by atoms with Crippen LogP contribution in [0.3, 0.4) is 0 Å². The Labute approximate surface area is 124 Å². The van der Waals surface area contributed by atoms with Crippen LogP contribution in [0.5, 0.6) is 0 Å². The second-order valence-electron chi connectivity index (χ2n) is 5.24. The van der Waals surface area contributed by atoms with E-state index in [9.17, 15) is 5.11 Å². The van der Waals surface area contributed by atoms with Crippen molar-refractivity contribution in [3.8, 4) is 0 Å². The first kappa shape index (κ1) is 17.2. The molecule has 0 aromatic heterocycles. The van der Waals surface area contributed by atoms with Gasteiger partial charge in [0.2, 0.25) is 0 Å². The van der Waals surface area contributed by atoms with Crippen molar-refractivity contribution in [2.24, 2.45) is 0 Å². The fourth-order valence-corrected chi connectivity index (χ4v) is 2.52. The summed E-state index contributed by atoms with van der Waals surface area (Å²) in [5.41, 5.74) is 3.64. The van der Waals surface area contributed by atoms with Gasteiger partial charge >= 0.3 is 0 Å². The number of benzene rings is 1. The van der Waals surface area contributed by atoms with Crippen LogP contribution in [0.2, 0.25) is 0 Å². The fourth-order valence-electron chi connectivity index (χ4n) is 2.52. The molecule has 0 spiro atoms. The number of hydrogen-bond acceptors (Lipinski definition) is 3. The molecule has 1 aromatic carbocycles. The monoisotopic (exact) mass is 278 g/mol. The third-order valence-corrected chi connectivity index (χ3v) is 3.90. The third-order valence-electron chi connectivity index (χ3n) is 3.90. The number of hydrogen-bond donors (Lipinski definition) is 1. The molecule has 0 amide bonds. The molecule has 0 aliphatic heterocycles. The average Bonchev–Trinajstić information content (AvgIpc) is 2.49. The average molecular weight is 278 g/mol. The summed E-state index contributed by atoms with van der Waals surface area (Å²) in [6, 6.07) is 6.55. The molecule has 0 heterocycles. The van der Waals surface area contributed by atoms with E-state index in [1.807, 2.05) is 0 Å². The topological polar surface area (TPSA) is 26.7 Å². The van der Waals surface area contributed by atoms with E-state index in [4.69, 9.17) is 0 Å². The molecule has 3 heteroatoms. The summed E-state index contributed by atoms with van der Waals surface area (Å²) in [5.74, 6) is 0. The van der Waals surface area contributed by atoms with E-state index in [2.05, 4.69) is 55.7 Å². The molecule has 0 aliphatic rings. The van der Waals surface area contributed by atoms with E-state index >= 15 is 0 Å². The van der Waals surface area contributed by atoms with E-state index in [0.29, 0.717) is 0 Å². The summed E-state index contributed by atoms with van der Waals surface area (Å²) < 4.78 is 0. The first-order valence-electron chi connectivity index (χ1n) is 7.83. The molecule has 0 saturated heterocycles. The molecular formula is C17H30N2O.